The minimum absolute atomic E-state index is 0.439. The number of fused-ring (bicyclic) bond motifs is 1. The molecule has 2 aromatic heterocycles. The largest absolute Gasteiger partial charge is 0.366 e. The van der Waals surface area contributed by atoms with E-state index in [2.05, 4.69) is 4.98 Å². The molecule has 0 spiro atoms. The minimum Gasteiger partial charge on any atom is -0.366 e. The van der Waals surface area contributed by atoms with Gasteiger partial charge in [-0.05, 0) is 30.3 Å². The van der Waals surface area contributed by atoms with Crippen LogP contribution >= 0.6 is 0 Å². The maximum atomic E-state index is 11.2. The summed E-state index contributed by atoms with van der Waals surface area (Å²) < 4.78 is 1.84. The van der Waals surface area contributed by atoms with Crippen molar-refractivity contribution in [2.24, 2.45) is 5.73 Å². The molecule has 2 heterocycles. The van der Waals surface area contributed by atoms with Crippen LogP contribution in [0.4, 0.5) is 0 Å². The van der Waals surface area contributed by atoms with Gasteiger partial charge >= 0.3 is 0 Å². The smallest absolute Gasteiger partial charge is 0.248 e. The van der Waals surface area contributed by atoms with E-state index in [1.807, 2.05) is 22.9 Å². The molecule has 1 aromatic carbocycles. The molecule has 3 rings (SSSR count). The molecule has 1 amide bonds. The van der Waals surface area contributed by atoms with Crippen molar-refractivity contribution in [3.8, 4) is 5.69 Å². The van der Waals surface area contributed by atoms with Gasteiger partial charge in [-0.15, -0.1) is 0 Å². The van der Waals surface area contributed by atoms with Crippen LogP contribution in [0.5, 0.6) is 0 Å². The molecule has 0 aliphatic rings. The fraction of sp³-hybridized carbons (Fsp3) is 0. The van der Waals surface area contributed by atoms with Gasteiger partial charge < -0.3 is 10.3 Å². The summed E-state index contributed by atoms with van der Waals surface area (Å²) in [7, 11) is 0. The van der Waals surface area contributed by atoms with Crippen LogP contribution in [0.2, 0.25) is 0 Å². The van der Waals surface area contributed by atoms with Crippen LogP contribution in [0.3, 0.4) is 0 Å². The number of hydrogen-bond acceptors (Lipinski definition) is 3. The highest BCUT2D eigenvalue weighted by Crippen LogP contribution is 2.20. The van der Waals surface area contributed by atoms with Crippen molar-refractivity contribution in [2.45, 2.75) is 0 Å². The van der Waals surface area contributed by atoms with E-state index >= 15 is 0 Å². The zero-order valence-electron chi connectivity index (χ0n) is 10.5. The average Bonchev–Trinajstić information content (AvgIpc) is 2.90. The standard InChI is InChI=1S/C15H11N3O2/c16-14(20)11-2-1-3-13(7-11)18-5-4-12-6-10(9-19)8-17-15(12)18/h1-9H,(H2,16,20). The monoisotopic (exact) mass is 265 g/mol. The van der Waals surface area contributed by atoms with Gasteiger partial charge in [0, 0.05) is 34.6 Å². The number of nitrogens with two attached hydrogens (primary N) is 1. The minimum atomic E-state index is -0.473. The molecule has 0 saturated carbocycles. The molecule has 0 fully saturated rings. The van der Waals surface area contributed by atoms with Crippen molar-refractivity contribution < 1.29 is 9.59 Å². The summed E-state index contributed by atoms with van der Waals surface area (Å²) in [5.74, 6) is -0.473. The molecule has 0 bridgehead atoms. The fourth-order valence-electron chi connectivity index (χ4n) is 2.12. The maximum absolute atomic E-state index is 11.2. The van der Waals surface area contributed by atoms with Gasteiger partial charge in [-0.3, -0.25) is 9.59 Å². The van der Waals surface area contributed by atoms with Crippen molar-refractivity contribution in [1.82, 2.24) is 9.55 Å². The van der Waals surface area contributed by atoms with Crippen molar-refractivity contribution in [1.29, 1.82) is 0 Å². The zero-order valence-corrected chi connectivity index (χ0v) is 10.5. The van der Waals surface area contributed by atoms with Crippen LogP contribution in [0.25, 0.3) is 16.7 Å². The van der Waals surface area contributed by atoms with E-state index in [-0.39, 0.29) is 0 Å². The van der Waals surface area contributed by atoms with E-state index in [1.165, 1.54) is 6.20 Å². The normalized spacial score (nSPS) is 10.6. The van der Waals surface area contributed by atoms with Gasteiger partial charge in [0.1, 0.15) is 5.65 Å². The third kappa shape index (κ3) is 1.95. The van der Waals surface area contributed by atoms with Crippen molar-refractivity contribution in [3.05, 3.63) is 59.9 Å². The molecule has 2 N–H and O–H groups in total. The number of aldehydes is 1. The Morgan fingerprint density at radius 3 is 2.85 bits per heavy atom. The Balaban J connectivity index is 2.17. The molecular formula is C15H11N3O2. The van der Waals surface area contributed by atoms with E-state index in [0.717, 1.165) is 23.0 Å². The molecule has 5 nitrogen and oxygen atoms in total. The first-order valence-corrected chi connectivity index (χ1v) is 6.01. The Bertz CT molecular complexity index is 821. The molecule has 0 aliphatic heterocycles. The Morgan fingerprint density at radius 2 is 2.10 bits per heavy atom. The van der Waals surface area contributed by atoms with E-state index in [1.54, 1.807) is 24.3 Å². The summed E-state index contributed by atoms with van der Waals surface area (Å²) in [6, 6.07) is 10.6. The third-order valence-electron chi connectivity index (χ3n) is 3.09. The van der Waals surface area contributed by atoms with Gasteiger partial charge in [0.15, 0.2) is 6.29 Å². The fourth-order valence-corrected chi connectivity index (χ4v) is 2.12. The quantitative estimate of drug-likeness (QED) is 0.735. The Morgan fingerprint density at radius 1 is 1.25 bits per heavy atom. The van der Waals surface area contributed by atoms with Crippen molar-refractivity contribution in [2.75, 3.05) is 0 Å². The van der Waals surface area contributed by atoms with E-state index in [4.69, 9.17) is 5.73 Å². The van der Waals surface area contributed by atoms with Gasteiger partial charge in [-0.2, -0.15) is 0 Å². The number of amides is 1. The Labute approximate surface area is 114 Å². The predicted octanol–water partition coefficient (Wildman–Crippen LogP) is 1.94. The van der Waals surface area contributed by atoms with Gasteiger partial charge in [-0.1, -0.05) is 6.07 Å². The highest BCUT2D eigenvalue weighted by molar-refractivity contribution is 5.93. The highest BCUT2D eigenvalue weighted by atomic mass is 16.1. The third-order valence-corrected chi connectivity index (χ3v) is 3.09. The lowest BCUT2D eigenvalue weighted by Crippen LogP contribution is -2.11. The van der Waals surface area contributed by atoms with E-state index < -0.39 is 5.91 Å². The number of hydrogen-bond donors (Lipinski definition) is 1. The van der Waals surface area contributed by atoms with Crippen LogP contribution in [0.1, 0.15) is 20.7 Å². The van der Waals surface area contributed by atoms with Crippen LogP contribution in [-0.4, -0.2) is 21.7 Å². The molecular weight excluding hydrogens is 254 g/mol. The van der Waals surface area contributed by atoms with Gasteiger partial charge in [-0.25, -0.2) is 4.98 Å². The van der Waals surface area contributed by atoms with Gasteiger partial charge in [0.2, 0.25) is 5.91 Å². The first-order valence-electron chi connectivity index (χ1n) is 6.01. The van der Waals surface area contributed by atoms with Crippen LogP contribution in [-0.2, 0) is 0 Å². The summed E-state index contributed by atoms with van der Waals surface area (Å²) in [5.41, 5.74) is 7.77. The summed E-state index contributed by atoms with van der Waals surface area (Å²) in [6.07, 6.45) is 4.12. The topological polar surface area (TPSA) is 78.0 Å². The van der Waals surface area contributed by atoms with Crippen LogP contribution in [0.15, 0.2) is 48.8 Å². The number of rotatable bonds is 3. The van der Waals surface area contributed by atoms with Crippen LogP contribution < -0.4 is 5.73 Å². The molecule has 0 atom stereocenters. The highest BCUT2D eigenvalue weighted by Gasteiger charge is 2.07. The van der Waals surface area contributed by atoms with E-state index in [0.29, 0.717) is 11.1 Å². The number of benzene rings is 1. The Kier molecular flexibility index (Phi) is 2.80. The number of carbonyl (C=O) groups is 2. The second-order valence-corrected chi connectivity index (χ2v) is 4.40. The molecule has 0 aliphatic carbocycles. The second kappa shape index (κ2) is 4.62. The summed E-state index contributed by atoms with van der Waals surface area (Å²) in [5, 5.41) is 0.860. The molecule has 3 aromatic rings. The average molecular weight is 265 g/mol. The number of pyridine rings is 1. The molecule has 5 heteroatoms. The van der Waals surface area contributed by atoms with Gasteiger partial charge in [0.25, 0.3) is 0 Å². The number of nitrogens with zero attached hydrogens (tertiary/aromatic N) is 2. The zero-order chi connectivity index (χ0) is 14.1. The number of primary amides is 1. The molecule has 98 valence electrons. The van der Waals surface area contributed by atoms with Crippen molar-refractivity contribution in [3.63, 3.8) is 0 Å². The lowest BCUT2D eigenvalue weighted by molar-refractivity contribution is 0.0999. The van der Waals surface area contributed by atoms with E-state index in [9.17, 15) is 9.59 Å². The maximum Gasteiger partial charge on any atom is 0.248 e. The first kappa shape index (κ1) is 12.1. The van der Waals surface area contributed by atoms with Crippen LogP contribution in [0, 0.1) is 0 Å². The number of carbonyl (C=O) groups excluding carboxylic acids is 2. The molecule has 0 radical (unpaired) electrons. The summed E-state index contributed by atoms with van der Waals surface area (Å²) in [6.45, 7) is 0. The molecule has 0 saturated heterocycles. The lowest BCUT2D eigenvalue weighted by Gasteiger charge is -2.06. The van der Waals surface area contributed by atoms with Gasteiger partial charge in [0.05, 0.1) is 0 Å². The first-order chi connectivity index (χ1) is 9.69. The number of aromatic nitrogens is 2. The predicted molar refractivity (Wildman–Crippen MR) is 75.0 cm³/mol. The second-order valence-electron chi connectivity index (χ2n) is 4.40. The lowest BCUT2D eigenvalue weighted by atomic mass is 10.2. The summed E-state index contributed by atoms with van der Waals surface area (Å²) >= 11 is 0. The molecule has 0 unspecified atom stereocenters. The Hall–Kier alpha value is -2.95. The SMILES string of the molecule is NC(=O)c1cccc(-n2ccc3cc(C=O)cnc32)c1. The summed E-state index contributed by atoms with van der Waals surface area (Å²) in [4.78, 5) is 26.3. The molecule has 20 heavy (non-hydrogen) atoms. The van der Waals surface area contributed by atoms with Crippen molar-refractivity contribution >= 4 is 23.2 Å².